The van der Waals surface area contributed by atoms with Gasteiger partial charge in [0.15, 0.2) is 0 Å². The Bertz CT molecular complexity index is 396. The molecular formula is C15H23Cl2NO. The third-order valence-electron chi connectivity index (χ3n) is 3.15. The molecule has 0 fully saturated rings. The second kappa shape index (κ2) is 8.11. The van der Waals surface area contributed by atoms with Gasteiger partial charge in [0.1, 0.15) is 0 Å². The van der Waals surface area contributed by atoms with Crippen LogP contribution < -0.4 is 5.32 Å². The van der Waals surface area contributed by atoms with Gasteiger partial charge in [-0.2, -0.15) is 0 Å². The molecule has 0 aromatic heterocycles. The third-order valence-corrected chi connectivity index (χ3v) is 3.73. The summed E-state index contributed by atoms with van der Waals surface area (Å²) in [6.07, 6.45) is 1.66. The van der Waals surface area contributed by atoms with E-state index in [-0.39, 0.29) is 0 Å². The lowest BCUT2D eigenvalue weighted by Crippen LogP contribution is -2.30. The average Bonchev–Trinajstić information content (AvgIpc) is 2.36. The van der Waals surface area contributed by atoms with Gasteiger partial charge >= 0.3 is 0 Å². The van der Waals surface area contributed by atoms with E-state index in [1.807, 2.05) is 0 Å². The van der Waals surface area contributed by atoms with Gasteiger partial charge in [-0.3, -0.25) is 0 Å². The second-order valence-corrected chi connectivity index (χ2v) is 6.31. The van der Waals surface area contributed by atoms with E-state index in [4.69, 9.17) is 23.2 Å². The summed E-state index contributed by atoms with van der Waals surface area (Å²) in [6, 6.07) is 5.54. The van der Waals surface area contributed by atoms with Crippen LogP contribution in [0.3, 0.4) is 0 Å². The predicted octanol–water partition coefficient (Wildman–Crippen LogP) is 4.44. The van der Waals surface area contributed by atoms with Gasteiger partial charge in [-0.15, -0.1) is 0 Å². The van der Waals surface area contributed by atoms with E-state index in [1.165, 1.54) is 6.42 Å². The molecule has 0 saturated heterocycles. The molecular weight excluding hydrogens is 281 g/mol. The average molecular weight is 304 g/mol. The summed E-state index contributed by atoms with van der Waals surface area (Å²) >= 11 is 12.0. The minimum atomic E-state index is -0.632. The Morgan fingerprint density at radius 2 is 1.84 bits per heavy atom. The zero-order chi connectivity index (χ0) is 14.4. The topological polar surface area (TPSA) is 32.3 Å². The first-order valence-electron chi connectivity index (χ1n) is 6.76. The molecule has 0 aliphatic rings. The van der Waals surface area contributed by atoms with E-state index in [2.05, 4.69) is 26.1 Å². The van der Waals surface area contributed by atoms with Crippen molar-refractivity contribution in [2.75, 3.05) is 6.54 Å². The van der Waals surface area contributed by atoms with E-state index in [9.17, 15) is 5.11 Å². The lowest BCUT2D eigenvalue weighted by atomic mass is 10.0. The van der Waals surface area contributed by atoms with Gasteiger partial charge in [-0.25, -0.2) is 0 Å². The van der Waals surface area contributed by atoms with E-state index >= 15 is 0 Å². The summed E-state index contributed by atoms with van der Waals surface area (Å²) in [4.78, 5) is 0. The fourth-order valence-electron chi connectivity index (χ4n) is 1.88. The standard InChI is InChI=1S/C15H23Cl2NO/c1-10(2)4-5-11(3)18-9-15(19)13-8-12(16)6-7-14(13)17/h6-8,10-11,15,18-19H,4-5,9H2,1-3H3. The van der Waals surface area contributed by atoms with Gasteiger partial charge in [-0.05, 0) is 43.9 Å². The van der Waals surface area contributed by atoms with E-state index < -0.39 is 6.10 Å². The van der Waals surface area contributed by atoms with Gasteiger partial charge in [0.2, 0.25) is 0 Å². The number of hydrogen-bond donors (Lipinski definition) is 2. The van der Waals surface area contributed by atoms with Crippen molar-refractivity contribution in [1.82, 2.24) is 5.32 Å². The first kappa shape index (κ1) is 16.8. The molecule has 2 N–H and O–H groups in total. The molecule has 0 radical (unpaired) electrons. The highest BCUT2D eigenvalue weighted by Crippen LogP contribution is 2.26. The van der Waals surface area contributed by atoms with Crippen LogP contribution in [0.1, 0.15) is 45.3 Å². The first-order valence-corrected chi connectivity index (χ1v) is 7.52. The van der Waals surface area contributed by atoms with Crippen molar-refractivity contribution in [3.63, 3.8) is 0 Å². The molecule has 2 nitrogen and oxygen atoms in total. The van der Waals surface area contributed by atoms with Crippen LogP contribution in [0, 0.1) is 5.92 Å². The molecule has 0 bridgehead atoms. The summed E-state index contributed by atoms with van der Waals surface area (Å²) in [6.45, 7) is 7.05. The summed E-state index contributed by atoms with van der Waals surface area (Å²) in [5.41, 5.74) is 0.678. The monoisotopic (exact) mass is 303 g/mol. The molecule has 4 heteroatoms. The predicted molar refractivity (Wildman–Crippen MR) is 83.0 cm³/mol. The van der Waals surface area contributed by atoms with Gasteiger partial charge < -0.3 is 10.4 Å². The lowest BCUT2D eigenvalue weighted by molar-refractivity contribution is 0.169. The maximum absolute atomic E-state index is 10.1. The Morgan fingerprint density at radius 3 is 2.47 bits per heavy atom. The molecule has 0 aliphatic carbocycles. The zero-order valence-electron chi connectivity index (χ0n) is 11.8. The number of rotatable bonds is 7. The molecule has 0 heterocycles. The molecule has 108 valence electrons. The SMILES string of the molecule is CC(C)CCC(C)NCC(O)c1cc(Cl)ccc1Cl. The van der Waals surface area contributed by atoms with Crippen molar-refractivity contribution in [2.24, 2.45) is 5.92 Å². The Hall–Kier alpha value is -0.280. The van der Waals surface area contributed by atoms with Crippen molar-refractivity contribution in [3.8, 4) is 0 Å². The Kier molecular flexibility index (Phi) is 7.16. The fourth-order valence-corrected chi connectivity index (χ4v) is 2.30. The van der Waals surface area contributed by atoms with Gasteiger partial charge in [0.05, 0.1) is 6.10 Å². The number of aliphatic hydroxyl groups excluding tert-OH is 1. The molecule has 2 unspecified atom stereocenters. The normalized spacial score (nSPS) is 14.7. The minimum absolute atomic E-state index is 0.384. The molecule has 1 aromatic rings. The first-order chi connectivity index (χ1) is 8.90. The molecule has 1 rings (SSSR count). The summed E-state index contributed by atoms with van der Waals surface area (Å²) < 4.78 is 0. The van der Waals surface area contributed by atoms with Crippen molar-refractivity contribution in [3.05, 3.63) is 33.8 Å². The lowest BCUT2D eigenvalue weighted by Gasteiger charge is -2.19. The molecule has 19 heavy (non-hydrogen) atoms. The van der Waals surface area contributed by atoms with Crippen LogP contribution in [-0.4, -0.2) is 17.7 Å². The van der Waals surface area contributed by atoms with Crippen LogP contribution in [0.4, 0.5) is 0 Å². The number of aliphatic hydroxyl groups is 1. The van der Waals surface area contributed by atoms with E-state index in [0.29, 0.717) is 34.1 Å². The van der Waals surface area contributed by atoms with Crippen molar-refractivity contribution < 1.29 is 5.11 Å². The van der Waals surface area contributed by atoms with E-state index in [0.717, 1.165) is 6.42 Å². The largest absolute Gasteiger partial charge is 0.387 e. The highest BCUT2D eigenvalue weighted by atomic mass is 35.5. The number of benzene rings is 1. The molecule has 2 atom stereocenters. The molecule has 1 aromatic carbocycles. The molecule has 0 amide bonds. The van der Waals surface area contributed by atoms with E-state index in [1.54, 1.807) is 18.2 Å². The molecule has 0 aliphatic heterocycles. The Morgan fingerprint density at radius 1 is 1.16 bits per heavy atom. The second-order valence-electron chi connectivity index (χ2n) is 5.46. The van der Waals surface area contributed by atoms with Gasteiger partial charge in [-0.1, -0.05) is 37.0 Å². The highest BCUT2D eigenvalue weighted by Gasteiger charge is 2.13. The maximum Gasteiger partial charge on any atom is 0.0929 e. The summed E-state index contributed by atoms with van der Waals surface area (Å²) in [5, 5.41) is 14.6. The van der Waals surface area contributed by atoms with Gasteiger partial charge in [0, 0.05) is 28.2 Å². The Labute approximate surface area is 126 Å². The van der Waals surface area contributed by atoms with Crippen LogP contribution in [0.5, 0.6) is 0 Å². The van der Waals surface area contributed by atoms with Crippen LogP contribution >= 0.6 is 23.2 Å². The number of hydrogen-bond acceptors (Lipinski definition) is 2. The van der Waals surface area contributed by atoms with Crippen LogP contribution in [0.2, 0.25) is 10.0 Å². The van der Waals surface area contributed by atoms with Crippen molar-refractivity contribution >= 4 is 23.2 Å². The number of nitrogens with one attached hydrogen (secondary N) is 1. The molecule has 0 saturated carbocycles. The van der Waals surface area contributed by atoms with Crippen molar-refractivity contribution in [1.29, 1.82) is 0 Å². The van der Waals surface area contributed by atoms with Crippen LogP contribution in [0.15, 0.2) is 18.2 Å². The van der Waals surface area contributed by atoms with Crippen molar-refractivity contribution in [2.45, 2.75) is 45.8 Å². The van der Waals surface area contributed by atoms with Crippen LogP contribution in [0.25, 0.3) is 0 Å². The van der Waals surface area contributed by atoms with Crippen LogP contribution in [-0.2, 0) is 0 Å². The summed E-state index contributed by atoms with van der Waals surface area (Å²) in [7, 11) is 0. The zero-order valence-corrected chi connectivity index (χ0v) is 13.3. The maximum atomic E-state index is 10.1. The summed E-state index contributed by atoms with van der Waals surface area (Å²) in [5.74, 6) is 0.705. The van der Waals surface area contributed by atoms with Gasteiger partial charge in [0.25, 0.3) is 0 Å². The molecule has 0 spiro atoms. The number of halogens is 2. The minimum Gasteiger partial charge on any atom is -0.387 e. The Balaban J connectivity index is 2.46. The fraction of sp³-hybridized carbons (Fsp3) is 0.600. The quantitative estimate of drug-likeness (QED) is 0.780. The smallest absolute Gasteiger partial charge is 0.0929 e. The third kappa shape index (κ3) is 6.13. The highest BCUT2D eigenvalue weighted by molar-refractivity contribution is 6.33.